The highest BCUT2D eigenvalue weighted by atomic mass is 32.2. The van der Waals surface area contributed by atoms with Crippen molar-refractivity contribution >= 4 is 23.1 Å². The molecule has 3 nitrogen and oxygen atoms in total. The molecule has 0 aliphatic heterocycles. The summed E-state index contributed by atoms with van der Waals surface area (Å²) in [6.07, 6.45) is 1.84. The first-order valence-electron chi connectivity index (χ1n) is 9.64. The molecule has 6 heteroatoms. The van der Waals surface area contributed by atoms with Gasteiger partial charge in [0.15, 0.2) is 11.0 Å². The monoisotopic (exact) mass is 435 g/mol. The van der Waals surface area contributed by atoms with Crippen molar-refractivity contribution in [1.82, 2.24) is 14.8 Å². The maximum absolute atomic E-state index is 14.0. The number of allylic oxidation sites excluding steroid dienone is 1. The molecule has 0 bridgehead atoms. The van der Waals surface area contributed by atoms with Crippen molar-refractivity contribution in [3.05, 3.63) is 88.4 Å². The number of halogens is 1. The highest BCUT2D eigenvalue weighted by molar-refractivity contribution is 7.98. The Morgan fingerprint density at radius 2 is 1.87 bits per heavy atom. The molecule has 0 amide bonds. The second kappa shape index (κ2) is 8.98. The zero-order valence-corrected chi connectivity index (χ0v) is 18.6. The molecule has 0 unspecified atom stereocenters. The van der Waals surface area contributed by atoms with Gasteiger partial charge in [0.05, 0.1) is 0 Å². The predicted octanol–water partition coefficient (Wildman–Crippen LogP) is 6.91. The number of nitrogens with zero attached hydrogens (tertiary/aromatic N) is 3. The first kappa shape index (κ1) is 20.6. The zero-order chi connectivity index (χ0) is 21.1. The van der Waals surface area contributed by atoms with Gasteiger partial charge in [-0.15, -0.1) is 28.1 Å². The minimum atomic E-state index is -0.199. The molecule has 0 N–H and O–H groups in total. The van der Waals surface area contributed by atoms with Crippen LogP contribution in [0.15, 0.2) is 71.7 Å². The fourth-order valence-corrected chi connectivity index (χ4v) is 5.14. The standard InChI is InChI=1S/C24H22FN3S2/c1-4-13-28-23(26-27-24(28)30-14-19-7-5-6-8-21(19)25)20-15-29-17(3)22(20)18-11-9-16(2)10-12-18/h4-12,15H,1,13-14H2,2-3H3. The summed E-state index contributed by atoms with van der Waals surface area (Å²) < 4.78 is 16.1. The Kier molecular flexibility index (Phi) is 6.16. The van der Waals surface area contributed by atoms with E-state index < -0.39 is 0 Å². The van der Waals surface area contributed by atoms with Crippen LogP contribution in [0.2, 0.25) is 0 Å². The van der Waals surface area contributed by atoms with Crippen molar-refractivity contribution in [2.24, 2.45) is 0 Å². The molecule has 2 aromatic carbocycles. The molecule has 0 atom stereocenters. The van der Waals surface area contributed by atoms with Gasteiger partial charge in [-0.1, -0.05) is 65.9 Å². The largest absolute Gasteiger partial charge is 0.298 e. The first-order valence-corrected chi connectivity index (χ1v) is 11.5. The maximum atomic E-state index is 14.0. The van der Waals surface area contributed by atoms with Crippen LogP contribution in [0.25, 0.3) is 22.5 Å². The summed E-state index contributed by atoms with van der Waals surface area (Å²) in [4.78, 5) is 1.24. The van der Waals surface area contributed by atoms with E-state index in [1.54, 1.807) is 23.5 Å². The smallest absolute Gasteiger partial charge is 0.192 e. The van der Waals surface area contributed by atoms with Crippen LogP contribution in [0.1, 0.15) is 16.0 Å². The number of aryl methyl sites for hydroxylation is 2. The normalized spacial score (nSPS) is 11.0. The summed E-state index contributed by atoms with van der Waals surface area (Å²) in [5.41, 5.74) is 5.30. The van der Waals surface area contributed by atoms with E-state index >= 15 is 0 Å². The Balaban J connectivity index is 1.71. The molecule has 0 saturated heterocycles. The Morgan fingerprint density at radius 1 is 1.10 bits per heavy atom. The number of thioether (sulfide) groups is 1. The average molecular weight is 436 g/mol. The van der Waals surface area contributed by atoms with E-state index in [1.807, 2.05) is 12.1 Å². The fourth-order valence-electron chi connectivity index (χ4n) is 3.34. The van der Waals surface area contributed by atoms with Crippen LogP contribution < -0.4 is 0 Å². The van der Waals surface area contributed by atoms with Crippen LogP contribution in [0.5, 0.6) is 0 Å². The number of hydrogen-bond donors (Lipinski definition) is 0. The fraction of sp³-hybridized carbons (Fsp3) is 0.167. The maximum Gasteiger partial charge on any atom is 0.192 e. The van der Waals surface area contributed by atoms with Gasteiger partial charge >= 0.3 is 0 Å². The van der Waals surface area contributed by atoms with E-state index in [-0.39, 0.29) is 5.82 Å². The van der Waals surface area contributed by atoms with Crippen molar-refractivity contribution in [3.8, 4) is 22.5 Å². The molecular formula is C24H22FN3S2. The van der Waals surface area contributed by atoms with Gasteiger partial charge in [0.1, 0.15) is 5.82 Å². The third-order valence-electron chi connectivity index (χ3n) is 4.90. The Labute approximate surface area is 184 Å². The van der Waals surface area contributed by atoms with E-state index in [0.29, 0.717) is 17.9 Å². The van der Waals surface area contributed by atoms with Gasteiger partial charge < -0.3 is 0 Å². The Bertz CT molecular complexity index is 1180. The van der Waals surface area contributed by atoms with Crippen molar-refractivity contribution < 1.29 is 4.39 Å². The molecule has 0 spiro atoms. The lowest BCUT2D eigenvalue weighted by atomic mass is 10.0. The summed E-state index contributed by atoms with van der Waals surface area (Å²) in [5, 5.41) is 11.8. The molecule has 0 fully saturated rings. The number of aromatic nitrogens is 3. The van der Waals surface area contributed by atoms with Crippen molar-refractivity contribution in [2.75, 3.05) is 0 Å². The zero-order valence-electron chi connectivity index (χ0n) is 16.9. The second-order valence-corrected chi connectivity index (χ2v) is 9.06. The average Bonchev–Trinajstić information content (AvgIpc) is 3.31. The van der Waals surface area contributed by atoms with E-state index in [2.05, 4.69) is 64.8 Å². The molecule has 152 valence electrons. The van der Waals surface area contributed by atoms with E-state index in [1.165, 1.54) is 39.4 Å². The van der Waals surface area contributed by atoms with E-state index in [4.69, 9.17) is 0 Å². The number of benzene rings is 2. The van der Waals surface area contributed by atoms with Crippen molar-refractivity contribution in [1.29, 1.82) is 0 Å². The number of thiophene rings is 1. The molecule has 2 heterocycles. The van der Waals surface area contributed by atoms with Crippen LogP contribution in [-0.4, -0.2) is 14.8 Å². The number of rotatable bonds is 7. The quantitative estimate of drug-likeness (QED) is 0.233. The molecule has 0 aliphatic rings. The topological polar surface area (TPSA) is 30.7 Å². The highest BCUT2D eigenvalue weighted by Gasteiger charge is 2.20. The van der Waals surface area contributed by atoms with Gasteiger partial charge in [-0.3, -0.25) is 4.57 Å². The van der Waals surface area contributed by atoms with Crippen LogP contribution >= 0.6 is 23.1 Å². The third kappa shape index (κ3) is 4.11. The van der Waals surface area contributed by atoms with Crippen LogP contribution in [0, 0.1) is 19.7 Å². The van der Waals surface area contributed by atoms with Crippen molar-refractivity contribution in [2.45, 2.75) is 31.3 Å². The second-order valence-electron chi connectivity index (χ2n) is 7.03. The van der Waals surface area contributed by atoms with Crippen LogP contribution in [0.3, 0.4) is 0 Å². The highest BCUT2D eigenvalue weighted by Crippen LogP contribution is 2.39. The lowest BCUT2D eigenvalue weighted by Crippen LogP contribution is -2.01. The molecule has 4 rings (SSSR count). The summed E-state index contributed by atoms with van der Waals surface area (Å²) in [6, 6.07) is 15.4. The van der Waals surface area contributed by atoms with Gasteiger partial charge in [-0.2, -0.15) is 0 Å². The van der Waals surface area contributed by atoms with Gasteiger partial charge in [0.25, 0.3) is 0 Å². The lowest BCUT2D eigenvalue weighted by molar-refractivity contribution is 0.617. The van der Waals surface area contributed by atoms with E-state index in [0.717, 1.165) is 16.5 Å². The summed E-state index contributed by atoms with van der Waals surface area (Å²) >= 11 is 3.19. The van der Waals surface area contributed by atoms with Gasteiger partial charge in [-0.05, 0) is 31.0 Å². The number of hydrogen-bond acceptors (Lipinski definition) is 4. The minimum Gasteiger partial charge on any atom is -0.298 e. The first-order chi connectivity index (χ1) is 14.6. The third-order valence-corrected chi connectivity index (χ3v) is 6.83. The molecule has 4 aromatic rings. The minimum absolute atomic E-state index is 0.199. The summed E-state index contributed by atoms with van der Waals surface area (Å²) in [5.74, 6) is 1.11. The van der Waals surface area contributed by atoms with Gasteiger partial charge in [0.2, 0.25) is 0 Å². The Morgan fingerprint density at radius 3 is 2.60 bits per heavy atom. The Hall–Kier alpha value is -2.70. The van der Waals surface area contributed by atoms with E-state index in [9.17, 15) is 4.39 Å². The predicted molar refractivity (Wildman–Crippen MR) is 124 cm³/mol. The SMILES string of the molecule is C=CCn1c(SCc2ccccc2F)nnc1-c1csc(C)c1-c1ccc(C)cc1. The molecular weight excluding hydrogens is 413 g/mol. The lowest BCUT2D eigenvalue weighted by Gasteiger charge is -2.10. The van der Waals surface area contributed by atoms with Gasteiger partial charge in [0, 0.05) is 33.7 Å². The van der Waals surface area contributed by atoms with Crippen LogP contribution in [-0.2, 0) is 12.3 Å². The molecule has 0 saturated carbocycles. The molecule has 0 radical (unpaired) electrons. The van der Waals surface area contributed by atoms with Crippen LogP contribution in [0.4, 0.5) is 4.39 Å². The van der Waals surface area contributed by atoms with Crippen molar-refractivity contribution in [3.63, 3.8) is 0 Å². The molecule has 0 aliphatic carbocycles. The molecule has 30 heavy (non-hydrogen) atoms. The molecule has 2 aromatic heterocycles. The summed E-state index contributed by atoms with van der Waals surface area (Å²) in [7, 11) is 0. The van der Waals surface area contributed by atoms with Gasteiger partial charge in [-0.25, -0.2) is 4.39 Å². The summed E-state index contributed by atoms with van der Waals surface area (Å²) in [6.45, 7) is 8.70.